The number of thiophene rings is 1. The molecule has 0 spiro atoms. The Labute approximate surface area is 101 Å². The van der Waals surface area contributed by atoms with E-state index in [-0.39, 0.29) is 0 Å². The molecule has 1 fully saturated rings. The monoisotopic (exact) mass is 238 g/mol. The minimum Gasteiger partial charge on any atom is -0.360 e. The Kier molecular flexibility index (Phi) is 3.66. The SMILES string of the molecule is CN=C(NC)N1CCN(c2cccs2)CC1. The summed E-state index contributed by atoms with van der Waals surface area (Å²) in [7, 11) is 3.76. The number of nitrogens with one attached hydrogen (secondary N) is 1. The van der Waals surface area contributed by atoms with Gasteiger partial charge in [0, 0.05) is 40.3 Å². The maximum atomic E-state index is 4.23. The number of piperazine rings is 1. The molecule has 16 heavy (non-hydrogen) atoms. The van der Waals surface area contributed by atoms with Crippen LogP contribution in [-0.4, -0.2) is 51.1 Å². The van der Waals surface area contributed by atoms with Crippen LogP contribution in [-0.2, 0) is 0 Å². The predicted molar refractivity (Wildman–Crippen MR) is 70.5 cm³/mol. The molecule has 1 N–H and O–H groups in total. The minimum absolute atomic E-state index is 0.992. The summed E-state index contributed by atoms with van der Waals surface area (Å²) in [5.74, 6) is 0.992. The van der Waals surface area contributed by atoms with Gasteiger partial charge in [0.15, 0.2) is 5.96 Å². The lowest BCUT2D eigenvalue weighted by molar-refractivity contribution is 0.376. The first-order valence-corrected chi connectivity index (χ1v) is 6.41. The zero-order chi connectivity index (χ0) is 11.4. The van der Waals surface area contributed by atoms with E-state index in [0.29, 0.717) is 0 Å². The highest BCUT2D eigenvalue weighted by molar-refractivity contribution is 7.14. The molecule has 4 nitrogen and oxygen atoms in total. The van der Waals surface area contributed by atoms with E-state index < -0.39 is 0 Å². The third kappa shape index (κ3) is 2.29. The number of anilines is 1. The lowest BCUT2D eigenvalue weighted by atomic mass is 10.3. The maximum absolute atomic E-state index is 4.23. The maximum Gasteiger partial charge on any atom is 0.193 e. The summed E-state index contributed by atoms with van der Waals surface area (Å²) in [6, 6.07) is 4.30. The van der Waals surface area contributed by atoms with E-state index in [2.05, 4.69) is 37.6 Å². The molecule has 0 aromatic carbocycles. The van der Waals surface area contributed by atoms with E-state index in [4.69, 9.17) is 0 Å². The Morgan fingerprint density at radius 3 is 2.62 bits per heavy atom. The van der Waals surface area contributed by atoms with Crippen molar-refractivity contribution in [2.45, 2.75) is 0 Å². The molecule has 0 aliphatic carbocycles. The van der Waals surface area contributed by atoms with E-state index in [9.17, 15) is 0 Å². The van der Waals surface area contributed by atoms with Gasteiger partial charge in [0.2, 0.25) is 0 Å². The summed E-state index contributed by atoms with van der Waals surface area (Å²) < 4.78 is 0. The van der Waals surface area contributed by atoms with Crippen molar-refractivity contribution >= 4 is 22.3 Å². The third-order valence-corrected chi connectivity index (χ3v) is 3.76. The fourth-order valence-corrected chi connectivity index (χ4v) is 2.79. The molecule has 0 radical (unpaired) electrons. The summed E-state index contributed by atoms with van der Waals surface area (Å²) in [6.45, 7) is 4.21. The molecule has 5 heteroatoms. The Hall–Kier alpha value is -1.23. The fraction of sp³-hybridized carbons (Fsp3) is 0.545. The van der Waals surface area contributed by atoms with Crippen LogP contribution in [0.1, 0.15) is 0 Å². The number of nitrogens with zero attached hydrogens (tertiary/aromatic N) is 3. The summed E-state index contributed by atoms with van der Waals surface area (Å²) in [5, 5.41) is 6.64. The van der Waals surface area contributed by atoms with Crippen molar-refractivity contribution in [1.82, 2.24) is 10.2 Å². The van der Waals surface area contributed by atoms with Crippen LogP contribution < -0.4 is 10.2 Å². The lowest BCUT2D eigenvalue weighted by Gasteiger charge is -2.36. The van der Waals surface area contributed by atoms with Crippen molar-refractivity contribution in [2.75, 3.05) is 45.2 Å². The number of guanidine groups is 1. The van der Waals surface area contributed by atoms with Gasteiger partial charge in [-0.2, -0.15) is 0 Å². The van der Waals surface area contributed by atoms with E-state index in [1.165, 1.54) is 5.00 Å². The van der Waals surface area contributed by atoms with Crippen LogP contribution in [0.4, 0.5) is 5.00 Å². The largest absolute Gasteiger partial charge is 0.360 e. The number of rotatable bonds is 1. The summed E-state index contributed by atoms with van der Waals surface area (Å²) in [5.41, 5.74) is 0. The summed E-state index contributed by atoms with van der Waals surface area (Å²) in [6.07, 6.45) is 0. The molecule has 1 aliphatic rings. The molecule has 1 aliphatic heterocycles. The first kappa shape index (κ1) is 11.3. The van der Waals surface area contributed by atoms with Crippen LogP contribution in [0.3, 0.4) is 0 Å². The molecular formula is C11H18N4S. The van der Waals surface area contributed by atoms with Gasteiger partial charge in [-0.1, -0.05) is 0 Å². The number of hydrogen-bond donors (Lipinski definition) is 1. The fourth-order valence-electron chi connectivity index (χ4n) is 2.00. The first-order valence-electron chi connectivity index (χ1n) is 5.53. The Morgan fingerprint density at radius 2 is 2.12 bits per heavy atom. The molecular weight excluding hydrogens is 220 g/mol. The minimum atomic E-state index is 0.992. The van der Waals surface area contributed by atoms with E-state index in [0.717, 1.165) is 32.1 Å². The van der Waals surface area contributed by atoms with Crippen LogP contribution in [0.25, 0.3) is 0 Å². The van der Waals surface area contributed by atoms with Gasteiger partial charge in [-0.25, -0.2) is 0 Å². The second kappa shape index (κ2) is 5.21. The molecule has 0 saturated carbocycles. The second-order valence-corrected chi connectivity index (χ2v) is 4.65. The van der Waals surface area contributed by atoms with E-state index in [1.54, 1.807) is 0 Å². The van der Waals surface area contributed by atoms with Crippen molar-refractivity contribution in [1.29, 1.82) is 0 Å². The second-order valence-electron chi connectivity index (χ2n) is 3.72. The smallest absolute Gasteiger partial charge is 0.193 e. The molecule has 0 amide bonds. The average Bonchev–Trinajstić information content (AvgIpc) is 2.85. The van der Waals surface area contributed by atoms with E-state index >= 15 is 0 Å². The van der Waals surface area contributed by atoms with Gasteiger partial charge in [0.05, 0.1) is 5.00 Å². The topological polar surface area (TPSA) is 30.9 Å². The normalized spacial score (nSPS) is 17.8. The molecule has 2 rings (SSSR count). The van der Waals surface area contributed by atoms with Crippen molar-refractivity contribution in [2.24, 2.45) is 4.99 Å². The lowest BCUT2D eigenvalue weighted by Crippen LogP contribution is -2.51. The molecule has 1 aromatic heterocycles. The van der Waals surface area contributed by atoms with Gasteiger partial charge in [0.25, 0.3) is 0 Å². The molecule has 1 saturated heterocycles. The molecule has 0 atom stereocenters. The van der Waals surface area contributed by atoms with Crippen LogP contribution >= 0.6 is 11.3 Å². The number of aliphatic imine (C=N–C) groups is 1. The van der Waals surface area contributed by atoms with Crippen molar-refractivity contribution in [3.05, 3.63) is 17.5 Å². The van der Waals surface area contributed by atoms with Crippen LogP contribution in [0.2, 0.25) is 0 Å². The zero-order valence-electron chi connectivity index (χ0n) is 9.81. The average molecular weight is 238 g/mol. The van der Waals surface area contributed by atoms with Gasteiger partial charge < -0.3 is 15.1 Å². The zero-order valence-corrected chi connectivity index (χ0v) is 10.6. The molecule has 0 bridgehead atoms. The van der Waals surface area contributed by atoms with Gasteiger partial charge >= 0.3 is 0 Å². The number of hydrogen-bond acceptors (Lipinski definition) is 3. The highest BCUT2D eigenvalue weighted by atomic mass is 32.1. The Morgan fingerprint density at radius 1 is 1.38 bits per heavy atom. The third-order valence-electron chi connectivity index (χ3n) is 2.83. The summed E-state index contributed by atoms with van der Waals surface area (Å²) in [4.78, 5) is 8.96. The highest BCUT2D eigenvalue weighted by Gasteiger charge is 2.19. The summed E-state index contributed by atoms with van der Waals surface area (Å²) >= 11 is 1.81. The Balaban J connectivity index is 1.92. The quantitative estimate of drug-likeness (QED) is 0.586. The van der Waals surface area contributed by atoms with Gasteiger partial charge in [-0.15, -0.1) is 11.3 Å². The standard InChI is InChI=1S/C11H18N4S/c1-12-11(13-2)15-7-5-14(6-8-15)10-4-3-9-16-10/h3-4,9H,5-8H2,1-2H3,(H,12,13). The highest BCUT2D eigenvalue weighted by Crippen LogP contribution is 2.22. The molecule has 88 valence electrons. The van der Waals surface area contributed by atoms with Crippen molar-refractivity contribution in [3.8, 4) is 0 Å². The first-order chi connectivity index (χ1) is 7.85. The van der Waals surface area contributed by atoms with Crippen LogP contribution in [0, 0.1) is 0 Å². The van der Waals surface area contributed by atoms with Crippen LogP contribution in [0.5, 0.6) is 0 Å². The predicted octanol–water partition coefficient (Wildman–Crippen LogP) is 1.08. The molecule has 2 heterocycles. The van der Waals surface area contributed by atoms with Crippen molar-refractivity contribution in [3.63, 3.8) is 0 Å². The van der Waals surface area contributed by atoms with Crippen LogP contribution in [0.15, 0.2) is 22.5 Å². The van der Waals surface area contributed by atoms with Crippen molar-refractivity contribution < 1.29 is 0 Å². The van der Waals surface area contributed by atoms with Gasteiger partial charge in [0.1, 0.15) is 0 Å². The van der Waals surface area contributed by atoms with E-state index in [1.807, 2.05) is 25.4 Å². The molecule has 0 unspecified atom stereocenters. The molecule has 1 aromatic rings. The van der Waals surface area contributed by atoms with Gasteiger partial charge in [-0.3, -0.25) is 4.99 Å². The van der Waals surface area contributed by atoms with Gasteiger partial charge in [-0.05, 0) is 17.5 Å². The Bertz CT molecular complexity index is 339.